The van der Waals surface area contributed by atoms with Gasteiger partial charge in [-0.05, 0) is 36.9 Å². The maximum absolute atomic E-state index is 12.4. The summed E-state index contributed by atoms with van der Waals surface area (Å²) in [5, 5.41) is 18.6. The Balaban J connectivity index is 1.87. The van der Waals surface area contributed by atoms with E-state index in [0.29, 0.717) is 17.2 Å². The first-order valence-electron chi connectivity index (χ1n) is 7.19. The number of aryl methyl sites for hydroxylation is 2. The van der Waals surface area contributed by atoms with Gasteiger partial charge in [-0.3, -0.25) is 4.79 Å². The van der Waals surface area contributed by atoms with E-state index in [1.54, 1.807) is 16.0 Å². The smallest absolute Gasteiger partial charge is 0.266 e. The number of anilines is 1. The van der Waals surface area contributed by atoms with Crippen molar-refractivity contribution in [3.63, 3.8) is 0 Å². The number of rotatable bonds is 5. The molecule has 0 unspecified atom stereocenters. The SMILES string of the molecule is Cc1cc(C(=O)Nc2cc(-c3cccs3)nn2CCO)sc1C. The van der Waals surface area contributed by atoms with Crippen molar-refractivity contribution < 1.29 is 9.90 Å². The summed E-state index contributed by atoms with van der Waals surface area (Å²) < 4.78 is 1.63. The van der Waals surface area contributed by atoms with Crippen molar-refractivity contribution in [1.82, 2.24) is 9.78 Å². The second-order valence-corrected chi connectivity index (χ2v) is 7.35. The van der Waals surface area contributed by atoms with Gasteiger partial charge in [0.1, 0.15) is 11.5 Å². The molecule has 0 aliphatic carbocycles. The average Bonchev–Trinajstić information content (AvgIpc) is 3.22. The summed E-state index contributed by atoms with van der Waals surface area (Å²) in [6.45, 7) is 4.30. The molecule has 3 heterocycles. The summed E-state index contributed by atoms with van der Waals surface area (Å²) in [6, 6.07) is 7.67. The van der Waals surface area contributed by atoms with Crippen LogP contribution in [0.3, 0.4) is 0 Å². The fraction of sp³-hybridized carbons (Fsp3) is 0.250. The number of aliphatic hydroxyl groups is 1. The third-order valence-corrected chi connectivity index (χ3v) is 5.54. The monoisotopic (exact) mass is 347 g/mol. The van der Waals surface area contributed by atoms with Crippen LogP contribution in [-0.4, -0.2) is 27.4 Å². The quantitative estimate of drug-likeness (QED) is 0.742. The molecule has 2 N–H and O–H groups in total. The highest BCUT2D eigenvalue weighted by molar-refractivity contribution is 7.14. The highest BCUT2D eigenvalue weighted by atomic mass is 32.1. The van der Waals surface area contributed by atoms with E-state index in [9.17, 15) is 9.90 Å². The van der Waals surface area contributed by atoms with Crippen LogP contribution in [0, 0.1) is 13.8 Å². The van der Waals surface area contributed by atoms with Crippen LogP contribution in [0.2, 0.25) is 0 Å². The lowest BCUT2D eigenvalue weighted by atomic mass is 10.3. The Kier molecular flexibility index (Phi) is 4.61. The third kappa shape index (κ3) is 3.36. The number of aliphatic hydroxyl groups excluding tert-OH is 1. The number of aromatic nitrogens is 2. The molecule has 0 aromatic carbocycles. The summed E-state index contributed by atoms with van der Waals surface area (Å²) >= 11 is 3.06. The Hall–Kier alpha value is -1.96. The van der Waals surface area contributed by atoms with Gasteiger partial charge >= 0.3 is 0 Å². The number of nitrogens with one attached hydrogen (secondary N) is 1. The third-order valence-electron chi connectivity index (χ3n) is 3.50. The molecule has 0 bridgehead atoms. The zero-order valence-corrected chi connectivity index (χ0v) is 14.5. The van der Waals surface area contributed by atoms with Crippen LogP contribution >= 0.6 is 22.7 Å². The molecular formula is C16H17N3O2S2. The van der Waals surface area contributed by atoms with Crippen LogP contribution in [0.25, 0.3) is 10.6 Å². The molecule has 0 saturated carbocycles. The lowest BCUT2D eigenvalue weighted by Gasteiger charge is -2.06. The number of thiophene rings is 2. The molecule has 0 fully saturated rings. The van der Waals surface area contributed by atoms with Gasteiger partial charge in [-0.15, -0.1) is 22.7 Å². The first-order chi connectivity index (χ1) is 11.1. The predicted molar refractivity (Wildman–Crippen MR) is 94.4 cm³/mol. The number of hydrogen-bond donors (Lipinski definition) is 2. The van der Waals surface area contributed by atoms with Crippen LogP contribution in [0.5, 0.6) is 0 Å². The van der Waals surface area contributed by atoms with Crippen molar-refractivity contribution in [1.29, 1.82) is 0 Å². The molecule has 120 valence electrons. The fourth-order valence-corrected chi connectivity index (χ4v) is 3.80. The minimum atomic E-state index is -0.150. The van der Waals surface area contributed by atoms with E-state index < -0.39 is 0 Å². The summed E-state index contributed by atoms with van der Waals surface area (Å²) in [5.74, 6) is 0.444. The van der Waals surface area contributed by atoms with Gasteiger partial charge in [0.15, 0.2) is 0 Å². The van der Waals surface area contributed by atoms with E-state index in [-0.39, 0.29) is 12.5 Å². The van der Waals surface area contributed by atoms with E-state index >= 15 is 0 Å². The van der Waals surface area contributed by atoms with E-state index in [1.807, 2.05) is 43.5 Å². The molecule has 0 saturated heterocycles. The topological polar surface area (TPSA) is 67.2 Å². The minimum Gasteiger partial charge on any atom is -0.394 e. The lowest BCUT2D eigenvalue weighted by molar-refractivity contribution is 0.102. The molecule has 3 aromatic heterocycles. The standard InChI is InChI=1S/C16H17N3O2S2/c1-10-8-14(23-11(10)2)16(21)17-15-9-12(13-4-3-7-22-13)18-19(15)5-6-20/h3-4,7-9,20H,5-6H2,1-2H3,(H,17,21). The maximum Gasteiger partial charge on any atom is 0.266 e. The summed E-state index contributed by atoms with van der Waals surface area (Å²) in [6.07, 6.45) is 0. The van der Waals surface area contributed by atoms with Gasteiger partial charge in [0.05, 0.1) is 22.9 Å². The second kappa shape index (κ2) is 6.66. The number of hydrogen-bond acceptors (Lipinski definition) is 5. The zero-order valence-electron chi connectivity index (χ0n) is 12.9. The van der Waals surface area contributed by atoms with Gasteiger partial charge in [-0.25, -0.2) is 4.68 Å². The molecule has 0 aliphatic rings. The Labute approximate surface area is 142 Å². The maximum atomic E-state index is 12.4. The highest BCUT2D eigenvalue weighted by Gasteiger charge is 2.15. The number of carbonyl (C=O) groups is 1. The molecule has 0 spiro atoms. The number of amides is 1. The lowest BCUT2D eigenvalue weighted by Crippen LogP contribution is -2.15. The Morgan fingerprint density at radius 2 is 2.22 bits per heavy atom. The number of nitrogens with zero attached hydrogens (tertiary/aromatic N) is 2. The van der Waals surface area contributed by atoms with Gasteiger partial charge in [-0.1, -0.05) is 6.07 Å². The van der Waals surface area contributed by atoms with Gasteiger partial charge in [0, 0.05) is 10.9 Å². The van der Waals surface area contributed by atoms with Crippen molar-refractivity contribution in [2.45, 2.75) is 20.4 Å². The predicted octanol–water partition coefficient (Wildman–Crippen LogP) is 3.53. The van der Waals surface area contributed by atoms with Crippen LogP contribution in [0.4, 0.5) is 5.82 Å². The van der Waals surface area contributed by atoms with Crippen LogP contribution in [0.1, 0.15) is 20.1 Å². The Morgan fingerprint density at radius 3 is 2.83 bits per heavy atom. The molecule has 3 aromatic rings. The van der Waals surface area contributed by atoms with Crippen LogP contribution < -0.4 is 5.32 Å². The normalized spacial score (nSPS) is 10.9. The molecule has 0 aliphatic heterocycles. The molecule has 1 amide bonds. The minimum absolute atomic E-state index is 0.0361. The van der Waals surface area contributed by atoms with Gasteiger partial charge < -0.3 is 10.4 Å². The summed E-state index contributed by atoms with van der Waals surface area (Å²) in [7, 11) is 0. The average molecular weight is 347 g/mol. The van der Waals surface area contributed by atoms with E-state index in [2.05, 4.69) is 10.4 Å². The van der Waals surface area contributed by atoms with Crippen molar-refractivity contribution in [3.8, 4) is 10.6 Å². The Morgan fingerprint density at radius 1 is 1.39 bits per heavy atom. The molecule has 23 heavy (non-hydrogen) atoms. The fourth-order valence-electron chi connectivity index (χ4n) is 2.19. The molecular weight excluding hydrogens is 330 g/mol. The van der Waals surface area contributed by atoms with E-state index in [4.69, 9.17) is 0 Å². The first-order valence-corrected chi connectivity index (χ1v) is 8.89. The molecule has 3 rings (SSSR count). The van der Waals surface area contributed by atoms with Crippen molar-refractivity contribution in [2.24, 2.45) is 0 Å². The first kappa shape index (κ1) is 15.9. The van der Waals surface area contributed by atoms with Crippen molar-refractivity contribution in [3.05, 3.63) is 45.0 Å². The van der Waals surface area contributed by atoms with E-state index in [0.717, 1.165) is 21.0 Å². The second-order valence-electron chi connectivity index (χ2n) is 5.14. The van der Waals surface area contributed by atoms with Gasteiger partial charge in [0.2, 0.25) is 0 Å². The van der Waals surface area contributed by atoms with Crippen LogP contribution in [-0.2, 0) is 6.54 Å². The molecule has 5 nitrogen and oxygen atoms in total. The number of carbonyl (C=O) groups excluding carboxylic acids is 1. The summed E-state index contributed by atoms with van der Waals surface area (Å²) in [5.41, 5.74) is 1.91. The van der Waals surface area contributed by atoms with Gasteiger partial charge in [-0.2, -0.15) is 5.10 Å². The van der Waals surface area contributed by atoms with Gasteiger partial charge in [0.25, 0.3) is 5.91 Å². The van der Waals surface area contributed by atoms with Crippen molar-refractivity contribution in [2.75, 3.05) is 11.9 Å². The Bertz CT molecular complexity index is 799. The molecule has 0 radical (unpaired) electrons. The zero-order chi connectivity index (χ0) is 16.4. The highest BCUT2D eigenvalue weighted by Crippen LogP contribution is 2.27. The largest absolute Gasteiger partial charge is 0.394 e. The van der Waals surface area contributed by atoms with Crippen molar-refractivity contribution >= 4 is 34.4 Å². The molecule has 0 atom stereocenters. The summed E-state index contributed by atoms with van der Waals surface area (Å²) in [4.78, 5) is 15.3. The van der Waals surface area contributed by atoms with Crippen LogP contribution in [0.15, 0.2) is 29.6 Å². The molecule has 7 heteroatoms. The van der Waals surface area contributed by atoms with E-state index in [1.165, 1.54) is 11.3 Å².